The predicted molar refractivity (Wildman–Crippen MR) is 316 cm³/mol. The maximum absolute atomic E-state index is 12.4. The molecule has 440 valence electrons. The van der Waals surface area contributed by atoms with Gasteiger partial charge in [-0.25, -0.2) is 23.4 Å². The second kappa shape index (κ2) is 25.0. The minimum Gasteiger partial charge on any atom is -0.369 e. The van der Waals surface area contributed by atoms with Crippen LogP contribution in [0.4, 0.5) is 46.2 Å². The molecule has 6 heterocycles. The van der Waals surface area contributed by atoms with Crippen molar-refractivity contribution in [3.63, 3.8) is 0 Å². The summed E-state index contributed by atoms with van der Waals surface area (Å²) in [5, 5.41) is 45.7. The van der Waals surface area contributed by atoms with Crippen LogP contribution < -0.4 is 48.3 Å². The standard InChI is InChI=1S/C18H20N6O4S.C18H20N6O2S.C12H12ClN5OS.C6H9NO/c1-19-17(26)14-11(21-15-12(29(2,27)28)4-3-7-20-15)8-13(23-24-14)22-16(25)10-9-18(10)5-6-18;1-19-17(26)14-11(21-15-12(27-2)4-3-7-20-15)8-13(23-24-14)22-16(25)10-9-18(10)5-6-18;1-14-12(19)10-7(6-9(13)17-18-10)16-11-8(20-2)4-3-5-15-11;7-5(8)4-3-6(4)1-2-6/h3-4,7-8,10H,5-6,9H2,1-2H3,(H,19,26)(H2,20,21,22,23,25);3-4,7-8,10H,5-6,9H2,1-2H3,(H,19,26)(H2,20,21,22,23,25);3-6H,1-2H3,(H,14,19)(H,15,16,17);4H,1-3H2,(H2,7,8). The van der Waals surface area contributed by atoms with Crippen molar-refractivity contribution in [3.05, 3.63) is 95.4 Å². The van der Waals surface area contributed by atoms with Gasteiger partial charge >= 0.3 is 0 Å². The number of nitrogens with zero attached hydrogens (tertiary/aromatic N) is 9. The molecule has 3 spiro atoms. The van der Waals surface area contributed by atoms with Crippen LogP contribution in [0.1, 0.15) is 89.3 Å². The Morgan fingerprint density at radius 1 is 0.548 bits per heavy atom. The molecule has 6 amide bonds. The zero-order valence-corrected chi connectivity index (χ0v) is 49.7. The highest BCUT2D eigenvalue weighted by molar-refractivity contribution is 7.99. The number of nitrogens with one attached hydrogen (secondary N) is 8. The van der Waals surface area contributed by atoms with Crippen molar-refractivity contribution in [1.29, 1.82) is 0 Å². The summed E-state index contributed by atoms with van der Waals surface area (Å²) < 4.78 is 24.1. The fourth-order valence-corrected chi connectivity index (χ4v) is 11.6. The van der Waals surface area contributed by atoms with E-state index < -0.39 is 15.7 Å². The number of hydrogen-bond acceptors (Lipinski definition) is 22. The van der Waals surface area contributed by atoms with Crippen LogP contribution in [0.2, 0.25) is 5.15 Å². The number of nitrogens with two attached hydrogens (primary N) is 1. The first-order valence-corrected chi connectivity index (χ1v) is 31.2. The zero-order valence-electron chi connectivity index (χ0n) is 46.5. The van der Waals surface area contributed by atoms with Gasteiger partial charge in [0.1, 0.15) is 22.3 Å². The maximum Gasteiger partial charge on any atom is 0.273 e. The summed E-state index contributed by atoms with van der Waals surface area (Å²) in [5.74, 6) is 0.650. The number of anilines is 8. The van der Waals surface area contributed by atoms with Crippen LogP contribution in [0.3, 0.4) is 0 Å². The van der Waals surface area contributed by atoms with Crippen molar-refractivity contribution >= 4 is 127 Å². The molecular formula is C54H61ClN18O8S3. The lowest BCUT2D eigenvalue weighted by atomic mass is 10.2. The molecule has 0 saturated heterocycles. The van der Waals surface area contributed by atoms with E-state index in [0.29, 0.717) is 34.2 Å². The van der Waals surface area contributed by atoms with Gasteiger partial charge in [-0.3, -0.25) is 28.8 Å². The van der Waals surface area contributed by atoms with Crippen molar-refractivity contribution in [3.8, 4) is 0 Å². The van der Waals surface area contributed by atoms with Crippen LogP contribution in [-0.2, 0) is 24.2 Å². The second-order valence-corrected chi connectivity index (χ2v) is 25.1. The van der Waals surface area contributed by atoms with Crippen molar-refractivity contribution < 1.29 is 37.2 Å². The highest BCUT2D eigenvalue weighted by Gasteiger charge is 2.67. The van der Waals surface area contributed by atoms with Gasteiger partial charge in [-0.2, -0.15) is 0 Å². The molecule has 3 unspecified atom stereocenters. The predicted octanol–water partition coefficient (Wildman–Crippen LogP) is 6.17. The van der Waals surface area contributed by atoms with Gasteiger partial charge < -0.3 is 48.3 Å². The molecule has 6 aliphatic rings. The Morgan fingerprint density at radius 3 is 1.27 bits per heavy atom. The van der Waals surface area contributed by atoms with E-state index in [-0.39, 0.29) is 103 Å². The van der Waals surface area contributed by atoms with E-state index in [4.69, 9.17) is 17.3 Å². The Morgan fingerprint density at radius 2 is 0.917 bits per heavy atom. The number of carbonyl (C=O) groups excluding carboxylic acids is 6. The first kappa shape index (κ1) is 60.4. The molecule has 6 aromatic rings. The summed E-state index contributed by atoms with van der Waals surface area (Å²) in [7, 11) is 0.929. The van der Waals surface area contributed by atoms with Gasteiger partial charge in [-0.1, -0.05) is 11.6 Å². The van der Waals surface area contributed by atoms with Gasteiger partial charge in [0, 0.05) is 91.7 Å². The molecule has 6 fully saturated rings. The van der Waals surface area contributed by atoms with Crippen LogP contribution in [0.15, 0.2) is 87.9 Å². The molecule has 3 atom stereocenters. The molecule has 6 aliphatic carbocycles. The molecular weight excluding hydrogens is 1160 g/mol. The SMILES string of the molecule is CNC(=O)c1nnc(Cl)cc1Nc1ncccc1SC.CNC(=O)c1nnc(NC(=O)C2CC23CC3)cc1Nc1ncccc1S(C)(=O)=O.CNC(=O)c1nnc(NC(=O)C2CC23CC3)cc1Nc1ncccc1SC.NC(=O)C1CC12CC2. The highest BCUT2D eigenvalue weighted by atomic mass is 35.5. The third-order valence-electron chi connectivity index (χ3n) is 15.3. The van der Waals surface area contributed by atoms with Crippen LogP contribution in [-0.4, -0.2) is 129 Å². The molecule has 12 rings (SSSR count). The average Bonchev–Trinajstić information content (AvgIpc) is 1.75. The van der Waals surface area contributed by atoms with Crippen molar-refractivity contribution in [2.75, 3.05) is 66.5 Å². The van der Waals surface area contributed by atoms with E-state index in [1.54, 1.807) is 30.2 Å². The number of carbonyl (C=O) groups is 6. The Balaban J connectivity index is 0.000000143. The Labute approximate surface area is 496 Å². The monoisotopic (exact) mass is 1220 g/mol. The lowest BCUT2D eigenvalue weighted by molar-refractivity contribution is -0.120. The molecule has 0 aromatic carbocycles. The summed E-state index contributed by atoms with van der Waals surface area (Å²) in [4.78, 5) is 85.8. The van der Waals surface area contributed by atoms with E-state index in [9.17, 15) is 37.2 Å². The minimum atomic E-state index is -3.56. The lowest BCUT2D eigenvalue weighted by Crippen LogP contribution is -2.23. The topological polar surface area (TPSA) is 375 Å². The third kappa shape index (κ3) is 14.2. The zero-order chi connectivity index (χ0) is 60.1. The lowest BCUT2D eigenvalue weighted by Gasteiger charge is -2.13. The first-order valence-electron chi connectivity index (χ1n) is 26.5. The molecule has 0 radical (unpaired) electrons. The van der Waals surface area contributed by atoms with Crippen LogP contribution in [0.25, 0.3) is 0 Å². The number of hydrogen-bond donors (Lipinski definition) is 9. The van der Waals surface area contributed by atoms with Gasteiger partial charge in [-0.05, 0) is 123 Å². The van der Waals surface area contributed by atoms with E-state index in [2.05, 4.69) is 88.1 Å². The number of pyridine rings is 3. The van der Waals surface area contributed by atoms with Crippen molar-refractivity contribution in [2.24, 2.45) is 39.7 Å². The van der Waals surface area contributed by atoms with E-state index in [1.165, 1.54) is 76.2 Å². The third-order valence-corrected chi connectivity index (χ3v) is 18.2. The number of thioether (sulfide) groups is 2. The number of aromatic nitrogens is 9. The fraction of sp³-hybridized carbons (Fsp3) is 0.389. The van der Waals surface area contributed by atoms with Gasteiger partial charge in [0.05, 0.1) is 17.1 Å². The maximum atomic E-state index is 12.4. The number of primary amides is 1. The highest BCUT2D eigenvalue weighted by Crippen LogP contribution is 2.72. The molecule has 30 heteroatoms. The van der Waals surface area contributed by atoms with Gasteiger partial charge in [-0.15, -0.1) is 54.1 Å². The normalized spacial score (nSPS) is 18.4. The summed E-state index contributed by atoms with van der Waals surface area (Å²) in [6, 6.07) is 15.1. The van der Waals surface area contributed by atoms with Crippen LogP contribution >= 0.6 is 35.1 Å². The van der Waals surface area contributed by atoms with Gasteiger partial charge in [0.25, 0.3) is 17.7 Å². The van der Waals surface area contributed by atoms with Crippen LogP contribution in [0, 0.1) is 34.0 Å². The summed E-state index contributed by atoms with van der Waals surface area (Å²) in [6.07, 6.45) is 19.6. The van der Waals surface area contributed by atoms with Crippen LogP contribution in [0.5, 0.6) is 0 Å². The summed E-state index contributed by atoms with van der Waals surface area (Å²) in [5.41, 5.74) is 7.31. The number of sulfone groups is 1. The summed E-state index contributed by atoms with van der Waals surface area (Å²) >= 11 is 8.92. The van der Waals surface area contributed by atoms with E-state index in [0.717, 1.165) is 61.0 Å². The van der Waals surface area contributed by atoms with E-state index >= 15 is 0 Å². The van der Waals surface area contributed by atoms with Crippen molar-refractivity contribution in [2.45, 2.75) is 72.5 Å². The van der Waals surface area contributed by atoms with E-state index in [1.807, 2.05) is 36.8 Å². The number of amides is 6. The number of halogens is 1. The molecule has 0 aliphatic heterocycles. The largest absolute Gasteiger partial charge is 0.369 e. The Hall–Kier alpha value is -8.15. The van der Waals surface area contributed by atoms with Crippen molar-refractivity contribution in [1.82, 2.24) is 61.5 Å². The summed E-state index contributed by atoms with van der Waals surface area (Å²) in [6.45, 7) is 0. The first-order chi connectivity index (χ1) is 40.2. The molecule has 10 N–H and O–H groups in total. The molecule has 84 heavy (non-hydrogen) atoms. The molecule has 6 aromatic heterocycles. The quantitative estimate of drug-likeness (QED) is 0.0461. The second-order valence-electron chi connectivity index (χ2n) is 21.0. The average molecular weight is 1220 g/mol. The minimum absolute atomic E-state index is 0.00745. The molecule has 6 saturated carbocycles. The Bertz CT molecular complexity index is 3680. The molecule has 0 bridgehead atoms. The number of rotatable bonds is 17. The smallest absolute Gasteiger partial charge is 0.273 e. The fourth-order valence-electron chi connectivity index (χ4n) is 9.64. The molecule has 26 nitrogen and oxygen atoms in total. The van der Waals surface area contributed by atoms with Gasteiger partial charge in [0.15, 0.2) is 43.7 Å². The van der Waals surface area contributed by atoms with Gasteiger partial charge in [0.2, 0.25) is 17.7 Å². The Kier molecular flexibility index (Phi) is 18.0.